The molecule has 7 nitrogen and oxygen atoms in total. The number of rotatable bonds is 6. The van der Waals surface area contributed by atoms with E-state index in [4.69, 9.17) is 9.47 Å². The van der Waals surface area contributed by atoms with Crippen LogP contribution in [0.25, 0.3) is 5.65 Å². The summed E-state index contributed by atoms with van der Waals surface area (Å²) in [6, 6.07) is 13.4. The third-order valence-corrected chi connectivity index (χ3v) is 5.83. The fraction of sp³-hybridized carbons (Fsp3) is 0.269. The molecule has 2 aromatic heterocycles. The molecule has 3 heterocycles. The van der Waals surface area contributed by atoms with E-state index in [1.54, 1.807) is 48.8 Å². The Morgan fingerprint density at radius 3 is 3.00 bits per heavy atom. The van der Waals surface area contributed by atoms with Crippen molar-refractivity contribution in [1.29, 1.82) is 0 Å². The zero-order valence-electron chi connectivity index (χ0n) is 18.6. The molecule has 0 saturated carbocycles. The van der Waals surface area contributed by atoms with E-state index in [-0.39, 0.29) is 24.2 Å². The van der Waals surface area contributed by atoms with E-state index < -0.39 is 0 Å². The molecule has 0 radical (unpaired) electrons. The number of nitrogens with zero attached hydrogens (tertiary/aromatic N) is 4. The molecule has 0 N–H and O–H groups in total. The average molecular weight is 461 g/mol. The molecule has 0 spiro atoms. The second-order valence-corrected chi connectivity index (χ2v) is 8.41. The predicted molar refractivity (Wildman–Crippen MR) is 124 cm³/mol. The number of benzene rings is 2. The van der Waals surface area contributed by atoms with Crippen LogP contribution >= 0.6 is 0 Å². The fourth-order valence-corrected chi connectivity index (χ4v) is 4.15. The Bertz CT molecular complexity index is 1290. The number of ether oxygens (including phenoxy) is 2. The molecule has 1 amide bonds. The number of carbonyl (C=O) groups excluding carboxylic acids is 1. The highest BCUT2D eigenvalue weighted by molar-refractivity contribution is 5.94. The number of aromatic nitrogens is 3. The molecule has 2 aromatic carbocycles. The number of hydrogen-bond acceptors (Lipinski definition) is 5. The first-order chi connectivity index (χ1) is 16.6. The summed E-state index contributed by atoms with van der Waals surface area (Å²) in [5.41, 5.74) is 3.01. The van der Waals surface area contributed by atoms with Gasteiger partial charge in [0.25, 0.3) is 5.91 Å². The molecule has 1 aliphatic rings. The molecular formula is C26H25FN4O3. The van der Waals surface area contributed by atoms with Gasteiger partial charge in [-0.25, -0.2) is 9.37 Å². The SMILES string of the molecule is O=C(c1cccc(OCc2cccc(F)c2)c1)N1CCOCC(Cc2cn3ccnc3cn2)C1. The first kappa shape index (κ1) is 22.0. The van der Waals surface area contributed by atoms with Crippen molar-refractivity contribution in [3.63, 3.8) is 0 Å². The van der Waals surface area contributed by atoms with Gasteiger partial charge in [0.15, 0.2) is 5.65 Å². The molecule has 8 heteroatoms. The second kappa shape index (κ2) is 10.0. The Morgan fingerprint density at radius 1 is 1.18 bits per heavy atom. The summed E-state index contributed by atoms with van der Waals surface area (Å²) >= 11 is 0. The van der Waals surface area contributed by atoms with Crippen molar-refractivity contribution in [3.8, 4) is 5.75 Å². The van der Waals surface area contributed by atoms with Gasteiger partial charge in [0.05, 0.1) is 25.1 Å². The first-order valence-corrected chi connectivity index (χ1v) is 11.3. The Labute approximate surface area is 196 Å². The van der Waals surface area contributed by atoms with Crippen LogP contribution in [0.5, 0.6) is 5.75 Å². The molecule has 5 rings (SSSR count). The lowest BCUT2D eigenvalue weighted by molar-refractivity contribution is 0.0736. The quantitative estimate of drug-likeness (QED) is 0.438. The summed E-state index contributed by atoms with van der Waals surface area (Å²) in [5.74, 6) is 0.329. The smallest absolute Gasteiger partial charge is 0.254 e. The van der Waals surface area contributed by atoms with E-state index in [9.17, 15) is 9.18 Å². The normalized spacial score (nSPS) is 16.4. The van der Waals surface area contributed by atoms with Crippen molar-refractivity contribution < 1.29 is 18.7 Å². The van der Waals surface area contributed by atoms with Crippen LogP contribution in [0.3, 0.4) is 0 Å². The summed E-state index contributed by atoms with van der Waals surface area (Å²) in [5, 5.41) is 0. The minimum absolute atomic E-state index is 0.0651. The monoisotopic (exact) mass is 460 g/mol. The minimum Gasteiger partial charge on any atom is -0.489 e. The Kier molecular flexibility index (Phi) is 6.49. The number of imidazole rings is 1. The van der Waals surface area contributed by atoms with Crippen LogP contribution in [0, 0.1) is 11.7 Å². The molecule has 1 saturated heterocycles. The topological polar surface area (TPSA) is 69.0 Å². The number of fused-ring (bicyclic) bond motifs is 1. The van der Waals surface area contributed by atoms with Crippen molar-refractivity contribution in [3.05, 3.63) is 96.0 Å². The zero-order valence-corrected chi connectivity index (χ0v) is 18.6. The van der Waals surface area contributed by atoms with Crippen molar-refractivity contribution in [2.24, 2.45) is 5.92 Å². The van der Waals surface area contributed by atoms with E-state index in [1.165, 1.54) is 12.1 Å². The van der Waals surface area contributed by atoms with Crippen LogP contribution in [0.1, 0.15) is 21.6 Å². The summed E-state index contributed by atoms with van der Waals surface area (Å²) in [4.78, 5) is 23.9. The van der Waals surface area contributed by atoms with Crippen LogP contribution in [0.4, 0.5) is 4.39 Å². The highest BCUT2D eigenvalue weighted by atomic mass is 19.1. The van der Waals surface area contributed by atoms with Crippen molar-refractivity contribution in [1.82, 2.24) is 19.3 Å². The van der Waals surface area contributed by atoms with Crippen molar-refractivity contribution >= 4 is 11.6 Å². The van der Waals surface area contributed by atoms with Crippen molar-refractivity contribution in [2.75, 3.05) is 26.3 Å². The molecule has 0 aliphatic carbocycles. The number of hydrogen-bond donors (Lipinski definition) is 0. The first-order valence-electron chi connectivity index (χ1n) is 11.3. The van der Waals surface area contributed by atoms with Crippen LogP contribution < -0.4 is 4.74 Å². The maximum absolute atomic E-state index is 13.4. The summed E-state index contributed by atoms with van der Waals surface area (Å²) < 4.78 is 26.9. The molecule has 1 unspecified atom stereocenters. The molecule has 1 fully saturated rings. The number of amides is 1. The van der Waals surface area contributed by atoms with E-state index in [2.05, 4.69) is 9.97 Å². The Balaban J connectivity index is 1.25. The van der Waals surface area contributed by atoms with Gasteiger partial charge in [-0.3, -0.25) is 9.78 Å². The largest absolute Gasteiger partial charge is 0.489 e. The Morgan fingerprint density at radius 2 is 2.09 bits per heavy atom. The molecule has 4 aromatic rings. The maximum Gasteiger partial charge on any atom is 0.254 e. The lowest BCUT2D eigenvalue weighted by Gasteiger charge is -2.24. The van der Waals surface area contributed by atoms with Crippen LogP contribution in [0.2, 0.25) is 0 Å². The van der Waals surface area contributed by atoms with E-state index in [0.29, 0.717) is 44.0 Å². The van der Waals surface area contributed by atoms with Gasteiger partial charge in [-0.2, -0.15) is 0 Å². The molecule has 174 valence electrons. The standard InChI is InChI=1S/C26H25FN4O3/c27-22-5-1-3-19(11-22)18-34-24-6-2-4-21(13-24)26(32)31-9-10-33-17-20(15-31)12-23-16-30-8-7-28-25(30)14-29-23/h1-8,11,13-14,16,20H,9-10,12,15,17-18H2. The summed E-state index contributed by atoms with van der Waals surface area (Å²) in [6.45, 7) is 2.40. The van der Waals surface area contributed by atoms with E-state index in [1.807, 2.05) is 21.7 Å². The second-order valence-electron chi connectivity index (χ2n) is 8.41. The third kappa shape index (κ3) is 5.23. The highest BCUT2D eigenvalue weighted by Crippen LogP contribution is 2.20. The highest BCUT2D eigenvalue weighted by Gasteiger charge is 2.24. The molecule has 34 heavy (non-hydrogen) atoms. The predicted octanol–water partition coefficient (Wildman–Crippen LogP) is 3.78. The van der Waals surface area contributed by atoms with E-state index in [0.717, 1.165) is 16.9 Å². The zero-order chi connectivity index (χ0) is 23.3. The van der Waals surface area contributed by atoms with Crippen LogP contribution in [-0.4, -0.2) is 51.5 Å². The number of halogens is 1. The summed E-state index contributed by atoms with van der Waals surface area (Å²) in [6.07, 6.45) is 8.06. The van der Waals surface area contributed by atoms with Gasteiger partial charge in [0.1, 0.15) is 18.2 Å². The van der Waals surface area contributed by atoms with Gasteiger partial charge in [-0.1, -0.05) is 18.2 Å². The lowest BCUT2D eigenvalue weighted by Crippen LogP contribution is -2.36. The van der Waals surface area contributed by atoms with Crippen LogP contribution in [0.15, 0.2) is 73.3 Å². The fourth-order valence-electron chi connectivity index (χ4n) is 4.15. The van der Waals surface area contributed by atoms with Crippen LogP contribution in [-0.2, 0) is 17.8 Å². The van der Waals surface area contributed by atoms with Crippen molar-refractivity contribution in [2.45, 2.75) is 13.0 Å². The van der Waals surface area contributed by atoms with Gasteiger partial charge in [0, 0.05) is 43.2 Å². The molecule has 0 bridgehead atoms. The third-order valence-electron chi connectivity index (χ3n) is 5.83. The van der Waals surface area contributed by atoms with Gasteiger partial charge in [-0.05, 0) is 42.3 Å². The van der Waals surface area contributed by atoms with Gasteiger partial charge < -0.3 is 18.8 Å². The molecule has 1 aliphatic heterocycles. The lowest BCUT2D eigenvalue weighted by atomic mass is 10.0. The van der Waals surface area contributed by atoms with E-state index >= 15 is 0 Å². The van der Waals surface area contributed by atoms with Gasteiger partial charge in [0.2, 0.25) is 0 Å². The van der Waals surface area contributed by atoms with Gasteiger partial charge >= 0.3 is 0 Å². The minimum atomic E-state index is -0.303. The van der Waals surface area contributed by atoms with Gasteiger partial charge in [-0.15, -0.1) is 0 Å². The summed E-state index contributed by atoms with van der Waals surface area (Å²) in [7, 11) is 0. The Hall–Kier alpha value is -3.78. The molecular weight excluding hydrogens is 435 g/mol. The average Bonchev–Trinajstić information content (AvgIpc) is 3.20. The number of carbonyl (C=O) groups is 1. The molecule has 1 atom stereocenters. The maximum atomic E-state index is 13.4.